The van der Waals surface area contributed by atoms with E-state index in [1.54, 1.807) is 20.8 Å². The van der Waals surface area contributed by atoms with Gasteiger partial charge in [0.2, 0.25) is 0 Å². The maximum absolute atomic E-state index is 11.3. The summed E-state index contributed by atoms with van der Waals surface area (Å²) in [6.45, 7) is 8.68. The monoisotopic (exact) mass is 247 g/mol. The standard InChI is InChI=1S/C11H21NO4.CH4/c1-6(2)11(15)16-8(5)9(10(13)14)12-7(3)4;/h6-9,12H,1-5H3,(H,13,14);1H4/t8-,9+;/m1./s1. The van der Waals surface area contributed by atoms with Gasteiger partial charge in [-0.05, 0) is 6.92 Å². The molecule has 0 aromatic heterocycles. The van der Waals surface area contributed by atoms with Crippen LogP contribution in [0.5, 0.6) is 0 Å². The fourth-order valence-electron chi connectivity index (χ4n) is 1.15. The first-order valence-corrected chi connectivity index (χ1v) is 5.45. The molecule has 0 spiro atoms. The molecule has 0 aromatic carbocycles. The number of nitrogens with one attached hydrogen (secondary N) is 1. The van der Waals surface area contributed by atoms with Crippen molar-refractivity contribution in [2.24, 2.45) is 5.92 Å². The maximum Gasteiger partial charge on any atom is 0.324 e. The van der Waals surface area contributed by atoms with Gasteiger partial charge in [-0.15, -0.1) is 0 Å². The lowest BCUT2D eigenvalue weighted by molar-refractivity contribution is -0.157. The third-order valence-corrected chi connectivity index (χ3v) is 2.02. The van der Waals surface area contributed by atoms with Crippen LogP contribution >= 0.6 is 0 Å². The quantitative estimate of drug-likeness (QED) is 0.698. The first-order valence-electron chi connectivity index (χ1n) is 5.45. The van der Waals surface area contributed by atoms with Crippen molar-refractivity contribution in [2.45, 2.75) is 60.2 Å². The molecule has 0 rings (SSSR count). The summed E-state index contributed by atoms with van der Waals surface area (Å²) in [5, 5.41) is 11.8. The molecule has 17 heavy (non-hydrogen) atoms. The van der Waals surface area contributed by atoms with Crippen LogP contribution in [-0.4, -0.2) is 35.2 Å². The summed E-state index contributed by atoms with van der Waals surface area (Å²) in [6.07, 6.45) is -0.685. The molecular weight excluding hydrogens is 222 g/mol. The number of hydrogen-bond donors (Lipinski definition) is 2. The van der Waals surface area contributed by atoms with Crippen LogP contribution < -0.4 is 5.32 Å². The van der Waals surface area contributed by atoms with Crippen molar-refractivity contribution in [1.82, 2.24) is 5.32 Å². The van der Waals surface area contributed by atoms with E-state index in [0.717, 1.165) is 0 Å². The number of aliphatic carboxylic acids is 1. The lowest BCUT2D eigenvalue weighted by atomic mass is 10.1. The highest BCUT2D eigenvalue weighted by molar-refractivity contribution is 5.76. The lowest BCUT2D eigenvalue weighted by Crippen LogP contribution is -2.49. The minimum absolute atomic E-state index is 0. The summed E-state index contributed by atoms with van der Waals surface area (Å²) >= 11 is 0. The highest BCUT2D eigenvalue weighted by Crippen LogP contribution is 2.05. The number of carbonyl (C=O) groups is 2. The molecule has 0 heterocycles. The molecular formula is C12H25NO4. The molecule has 0 amide bonds. The van der Waals surface area contributed by atoms with E-state index in [-0.39, 0.29) is 25.4 Å². The number of carboxylic acids is 1. The Kier molecular flexibility index (Phi) is 8.66. The molecule has 2 N–H and O–H groups in total. The number of esters is 1. The van der Waals surface area contributed by atoms with Crippen LogP contribution in [0.4, 0.5) is 0 Å². The van der Waals surface area contributed by atoms with Gasteiger partial charge >= 0.3 is 11.9 Å². The fraction of sp³-hybridized carbons (Fsp3) is 0.833. The van der Waals surface area contributed by atoms with Gasteiger partial charge in [-0.1, -0.05) is 35.1 Å². The molecule has 0 radical (unpaired) electrons. The summed E-state index contributed by atoms with van der Waals surface area (Å²) in [4.78, 5) is 22.3. The van der Waals surface area contributed by atoms with Crippen LogP contribution in [0.15, 0.2) is 0 Å². The first kappa shape index (κ1) is 18.3. The van der Waals surface area contributed by atoms with Gasteiger partial charge in [0.1, 0.15) is 12.1 Å². The molecule has 0 bridgehead atoms. The second kappa shape index (κ2) is 8.06. The molecule has 0 aromatic rings. The number of carboxylic acid groups (broad SMARTS) is 1. The van der Waals surface area contributed by atoms with Crippen molar-refractivity contribution in [3.63, 3.8) is 0 Å². The minimum Gasteiger partial charge on any atom is -0.480 e. The maximum atomic E-state index is 11.3. The van der Waals surface area contributed by atoms with E-state index < -0.39 is 18.1 Å². The Morgan fingerprint density at radius 3 is 1.88 bits per heavy atom. The van der Waals surface area contributed by atoms with E-state index in [0.29, 0.717) is 0 Å². The normalized spacial score (nSPS) is 14.1. The molecule has 0 saturated carbocycles. The molecule has 0 aliphatic heterocycles. The van der Waals surface area contributed by atoms with E-state index >= 15 is 0 Å². The number of carbonyl (C=O) groups excluding carboxylic acids is 1. The molecule has 0 fully saturated rings. The van der Waals surface area contributed by atoms with Gasteiger partial charge in [0, 0.05) is 6.04 Å². The second-order valence-corrected chi connectivity index (χ2v) is 4.43. The molecule has 0 aliphatic rings. The number of rotatable bonds is 6. The molecule has 102 valence electrons. The van der Waals surface area contributed by atoms with Gasteiger partial charge in [-0.3, -0.25) is 14.9 Å². The van der Waals surface area contributed by atoms with E-state index in [4.69, 9.17) is 9.84 Å². The van der Waals surface area contributed by atoms with E-state index in [1.807, 2.05) is 13.8 Å². The molecule has 2 atom stereocenters. The van der Waals surface area contributed by atoms with Crippen molar-refractivity contribution >= 4 is 11.9 Å². The van der Waals surface area contributed by atoms with E-state index in [9.17, 15) is 9.59 Å². The first-order chi connectivity index (χ1) is 7.25. The molecule has 0 unspecified atom stereocenters. The Morgan fingerprint density at radius 1 is 1.12 bits per heavy atom. The zero-order chi connectivity index (χ0) is 12.9. The van der Waals surface area contributed by atoms with Crippen LogP contribution in [0.25, 0.3) is 0 Å². The average molecular weight is 247 g/mol. The van der Waals surface area contributed by atoms with Gasteiger partial charge < -0.3 is 9.84 Å². The van der Waals surface area contributed by atoms with Crippen LogP contribution in [-0.2, 0) is 14.3 Å². The molecule has 5 nitrogen and oxygen atoms in total. The highest BCUT2D eigenvalue weighted by atomic mass is 16.5. The number of ether oxygens (including phenoxy) is 1. The Labute approximate surface area is 104 Å². The zero-order valence-corrected chi connectivity index (χ0v) is 10.5. The van der Waals surface area contributed by atoms with E-state index in [2.05, 4.69) is 5.32 Å². The van der Waals surface area contributed by atoms with Gasteiger partial charge in [0.25, 0.3) is 0 Å². The second-order valence-electron chi connectivity index (χ2n) is 4.43. The third kappa shape index (κ3) is 6.94. The zero-order valence-electron chi connectivity index (χ0n) is 10.5. The lowest BCUT2D eigenvalue weighted by Gasteiger charge is -2.24. The fourth-order valence-corrected chi connectivity index (χ4v) is 1.15. The Morgan fingerprint density at radius 2 is 1.59 bits per heavy atom. The third-order valence-electron chi connectivity index (χ3n) is 2.02. The van der Waals surface area contributed by atoms with Gasteiger partial charge in [0.15, 0.2) is 0 Å². The summed E-state index contributed by atoms with van der Waals surface area (Å²) in [6, 6.07) is -0.857. The average Bonchev–Trinajstić information content (AvgIpc) is 2.12. The Hall–Kier alpha value is -1.10. The Bertz CT molecular complexity index is 251. The van der Waals surface area contributed by atoms with E-state index in [1.165, 1.54) is 0 Å². The predicted molar refractivity (Wildman–Crippen MR) is 66.8 cm³/mol. The van der Waals surface area contributed by atoms with Gasteiger partial charge in [0.05, 0.1) is 5.92 Å². The summed E-state index contributed by atoms with van der Waals surface area (Å²) < 4.78 is 5.05. The predicted octanol–water partition coefficient (Wildman–Crippen LogP) is 1.66. The molecule has 0 aliphatic carbocycles. The number of hydrogen-bond acceptors (Lipinski definition) is 4. The highest BCUT2D eigenvalue weighted by Gasteiger charge is 2.28. The topological polar surface area (TPSA) is 75.6 Å². The van der Waals surface area contributed by atoms with Crippen molar-refractivity contribution in [1.29, 1.82) is 0 Å². The van der Waals surface area contributed by atoms with Crippen molar-refractivity contribution < 1.29 is 19.4 Å². The molecule has 5 heteroatoms. The summed E-state index contributed by atoms with van der Waals surface area (Å²) in [5.74, 6) is -1.65. The SMILES string of the molecule is C.CC(C)N[C@H](C(=O)O)[C@@H](C)OC(=O)C(C)C. The smallest absolute Gasteiger partial charge is 0.324 e. The summed E-state index contributed by atoms with van der Waals surface area (Å²) in [7, 11) is 0. The van der Waals surface area contributed by atoms with Crippen molar-refractivity contribution in [3.8, 4) is 0 Å². The summed E-state index contributed by atoms with van der Waals surface area (Å²) in [5.41, 5.74) is 0. The van der Waals surface area contributed by atoms with Crippen LogP contribution in [0.2, 0.25) is 0 Å². The van der Waals surface area contributed by atoms with Crippen molar-refractivity contribution in [2.75, 3.05) is 0 Å². The molecule has 0 saturated heterocycles. The minimum atomic E-state index is -1.02. The largest absolute Gasteiger partial charge is 0.480 e. The van der Waals surface area contributed by atoms with Crippen molar-refractivity contribution in [3.05, 3.63) is 0 Å². The van der Waals surface area contributed by atoms with Crippen LogP contribution in [0.1, 0.15) is 42.0 Å². The van der Waals surface area contributed by atoms with Gasteiger partial charge in [-0.25, -0.2) is 0 Å². The Balaban J connectivity index is 0. The van der Waals surface area contributed by atoms with Gasteiger partial charge in [-0.2, -0.15) is 0 Å². The van der Waals surface area contributed by atoms with Crippen LogP contribution in [0.3, 0.4) is 0 Å². The van der Waals surface area contributed by atoms with Crippen LogP contribution in [0, 0.1) is 5.92 Å².